The topological polar surface area (TPSA) is 46.5 Å². The minimum atomic E-state index is -0.658. The van der Waals surface area contributed by atoms with Gasteiger partial charge in [-0.05, 0) is 37.0 Å². The molecular formula is C12H14O3. The van der Waals surface area contributed by atoms with Crippen LogP contribution in [0.5, 0.6) is 0 Å². The third-order valence-corrected chi connectivity index (χ3v) is 3.02. The molecule has 1 fully saturated rings. The quantitative estimate of drug-likeness (QED) is 0.751. The van der Waals surface area contributed by atoms with Gasteiger partial charge >= 0.3 is 5.97 Å². The Hall–Kier alpha value is -1.35. The smallest absolute Gasteiger partial charge is 0.337 e. The van der Waals surface area contributed by atoms with E-state index in [1.165, 1.54) is 7.11 Å². The highest BCUT2D eigenvalue weighted by Crippen LogP contribution is 2.40. The molecule has 0 spiro atoms. The van der Waals surface area contributed by atoms with Crippen LogP contribution in [0.25, 0.3) is 0 Å². The Bertz CT molecular complexity index is 363. The number of carbonyl (C=O) groups excluding carboxylic acids is 1. The van der Waals surface area contributed by atoms with E-state index in [0.717, 1.165) is 24.8 Å². The first-order chi connectivity index (χ1) is 7.15. The van der Waals surface area contributed by atoms with Crippen molar-refractivity contribution in [1.82, 2.24) is 0 Å². The number of hydrogen-bond donors (Lipinski definition) is 1. The monoisotopic (exact) mass is 206 g/mol. The van der Waals surface area contributed by atoms with E-state index in [1.807, 2.05) is 0 Å². The molecule has 0 saturated heterocycles. The molecule has 1 N–H and O–H groups in total. The molecule has 2 rings (SSSR count). The fourth-order valence-electron chi connectivity index (χ4n) is 1.83. The lowest BCUT2D eigenvalue weighted by Crippen LogP contribution is -2.33. The Labute approximate surface area is 88.7 Å². The summed E-state index contributed by atoms with van der Waals surface area (Å²) in [7, 11) is 1.36. The van der Waals surface area contributed by atoms with Crippen molar-refractivity contribution >= 4 is 5.97 Å². The molecule has 0 aromatic heterocycles. The third-order valence-electron chi connectivity index (χ3n) is 3.02. The van der Waals surface area contributed by atoms with Crippen molar-refractivity contribution in [2.75, 3.05) is 7.11 Å². The average Bonchev–Trinajstić information content (AvgIpc) is 2.25. The van der Waals surface area contributed by atoms with E-state index in [2.05, 4.69) is 4.74 Å². The van der Waals surface area contributed by atoms with Crippen molar-refractivity contribution < 1.29 is 14.6 Å². The highest BCUT2D eigenvalue weighted by molar-refractivity contribution is 5.89. The third kappa shape index (κ3) is 1.75. The molecule has 1 aromatic rings. The molecule has 1 aliphatic carbocycles. The number of hydrogen-bond acceptors (Lipinski definition) is 3. The fourth-order valence-corrected chi connectivity index (χ4v) is 1.83. The summed E-state index contributed by atoms with van der Waals surface area (Å²) in [6.45, 7) is 0. The minimum Gasteiger partial charge on any atom is -0.465 e. The predicted molar refractivity (Wildman–Crippen MR) is 55.5 cm³/mol. The molecule has 0 aliphatic heterocycles. The van der Waals surface area contributed by atoms with E-state index in [9.17, 15) is 9.90 Å². The molecule has 0 bridgehead atoms. The molecular weight excluding hydrogens is 192 g/mol. The zero-order valence-electron chi connectivity index (χ0n) is 8.69. The van der Waals surface area contributed by atoms with Crippen LogP contribution in [0.2, 0.25) is 0 Å². The lowest BCUT2D eigenvalue weighted by molar-refractivity contribution is -0.0388. The molecule has 0 heterocycles. The average molecular weight is 206 g/mol. The van der Waals surface area contributed by atoms with Crippen LogP contribution >= 0.6 is 0 Å². The fraction of sp³-hybridized carbons (Fsp3) is 0.417. The molecule has 0 atom stereocenters. The zero-order chi connectivity index (χ0) is 10.9. The van der Waals surface area contributed by atoms with Crippen LogP contribution in [0.4, 0.5) is 0 Å². The first-order valence-electron chi connectivity index (χ1n) is 5.07. The number of carbonyl (C=O) groups is 1. The molecule has 15 heavy (non-hydrogen) atoms. The Morgan fingerprint density at radius 2 is 1.93 bits per heavy atom. The standard InChI is InChI=1S/C12H14O3/c1-15-11(13)9-3-5-10(6-4-9)12(14)7-2-8-12/h3-6,14H,2,7-8H2,1H3. The molecule has 3 heteroatoms. The molecule has 1 aliphatic rings. The largest absolute Gasteiger partial charge is 0.465 e. The van der Waals surface area contributed by atoms with Gasteiger partial charge in [-0.25, -0.2) is 4.79 Å². The number of ether oxygens (including phenoxy) is 1. The van der Waals surface area contributed by atoms with Gasteiger partial charge in [-0.1, -0.05) is 12.1 Å². The molecule has 3 nitrogen and oxygen atoms in total. The lowest BCUT2D eigenvalue weighted by Gasteiger charge is -2.37. The zero-order valence-corrected chi connectivity index (χ0v) is 8.69. The summed E-state index contributed by atoms with van der Waals surface area (Å²) in [6.07, 6.45) is 2.68. The number of aliphatic hydroxyl groups is 1. The van der Waals surface area contributed by atoms with E-state index in [1.54, 1.807) is 24.3 Å². The van der Waals surface area contributed by atoms with Crippen molar-refractivity contribution in [3.05, 3.63) is 35.4 Å². The maximum absolute atomic E-state index is 11.2. The Kier molecular flexibility index (Phi) is 2.49. The number of esters is 1. The minimum absolute atomic E-state index is 0.345. The van der Waals surface area contributed by atoms with Gasteiger partial charge in [0.25, 0.3) is 0 Å². The first-order valence-corrected chi connectivity index (χ1v) is 5.07. The lowest BCUT2D eigenvalue weighted by atomic mass is 9.75. The Balaban J connectivity index is 2.20. The summed E-state index contributed by atoms with van der Waals surface area (Å²) in [5.41, 5.74) is 0.750. The molecule has 1 aromatic carbocycles. The van der Waals surface area contributed by atoms with Crippen LogP contribution in [-0.4, -0.2) is 18.2 Å². The SMILES string of the molecule is COC(=O)c1ccc(C2(O)CCC2)cc1. The second-order valence-electron chi connectivity index (χ2n) is 3.95. The van der Waals surface area contributed by atoms with Crippen molar-refractivity contribution in [3.8, 4) is 0 Å². The van der Waals surface area contributed by atoms with E-state index in [4.69, 9.17) is 0 Å². The normalized spacial score (nSPS) is 18.0. The second-order valence-corrected chi connectivity index (χ2v) is 3.95. The van der Waals surface area contributed by atoms with Gasteiger partial charge in [-0.3, -0.25) is 0 Å². The van der Waals surface area contributed by atoms with Crippen LogP contribution in [-0.2, 0) is 10.3 Å². The molecule has 1 saturated carbocycles. The number of methoxy groups -OCH3 is 1. The first kappa shape index (κ1) is 10.2. The van der Waals surface area contributed by atoms with Crippen molar-refractivity contribution in [1.29, 1.82) is 0 Å². The van der Waals surface area contributed by atoms with Crippen LogP contribution in [0.15, 0.2) is 24.3 Å². The Morgan fingerprint density at radius 3 is 2.33 bits per heavy atom. The van der Waals surface area contributed by atoms with Crippen LogP contribution in [0.1, 0.15) is 35.2 Å². The summed E-state index contributed by atoms with van der Waals surface area (Å²) in [5.74, 6) is -0.345. The molecule has 0 radical (unpaired) electrons. The van der Waals surface area contributed by atoms with E-state index in [-0.39, 0.29) is 5.97 Å². The van der Waals surface area contributed by atoms with Crippen LogP contribution in [0.3, 0.4) is 0 Å². The maximum Gasteiger partial charge on any atom is 0.337 e. The summed E-state index contributed by atoms with van der Waals surface area (Å²) < 4.78 is 4.60. The summed E-state index contributed by atoms with van der Waals surface area (Å²) in [4.78, 5) is 11.2. The van der Waals surface area contributed by atoms with E-state index in [0.29, 0.717) is 5.56 Å². The van der Waals surface area contributed by atoms with Crippen LogP contribution < -0.4 is 0 Å². The van der Waals surface area contributed by atoms with Crippen molar-refractivity contribution in [3.63, 3.8) is 0 Å². The van der Waals surface area contributed by atoms with Gasteiger partial charge in [0.05, 0.1) is 18.3 Å². The van der Waals surface area contributed by atoms with Gasteiger partial charge in [-0.15, -0.1) is 0 Å². The molecule has 80 valence electrons. The Morgan fingerprint density at radius 1 is 1.33 bits per heavy atom. The number of benzene rings is 1. The maximum atomic E-state index is 11.2. The second kappa shape index (κ2) is 3.66. The highest BCUT2D eigenvalue weighted by atomic mass is 16.5. The number of rotatable bonds is 2. The van der Waals surface area contributed by atoms with Gasteiger partial charge in [-0.2, -0.15) is 0 Å². The summed E-state index contributed by atoms with van der Waals surface area (Å²) in [5, 5.41) is 10.1. The van der Waals surface area contributed by atoms with Gasteiger partial charge in [0.2, 0.25) is 0 Å². The van der Waals surface area contributed by atoms with Gasteiger partial charge in [0, 0.05) is 0 Å². The van der Waals surface area contributed by atoms with Gasteiger partial charge in [0.15, 0.2) is 0 Å². The van der Waals surface area contributed by atoms with Crippen LogP contribution in [0, 0.1) is 0 Å². The summed E-state index contributed by atoms with van der Waals surface area (Å²) in [6, 6.07) is 6.98. The van der Waals surface area contributed by atoms with Crippen molar-refractivity contribution in [2.24, 2.45) is 0 Å². The predicted octanol–water partition coefficient (Wildman–Crippen LogP) is 1.84. The molecule has 0 unspecified atom stereocenters. The van der Waals surface area contributed by atoms with Crippen molar-refractivity contribution in [2.45, 2.75) is 24.9 Å². The van der Waals surface area contributed by atoms with E-state index < -0.39 is 5.60 Å². The summed E-state index contributed by atoms with van der Waals surface area (Å²) >= 11 is 0. The van der Waals surface area contributed by atoms with Gasteiger partial charge in [0.1, 0.15) is 0 Å². The van der Waals surface area contributed by atoms with E-state index >= 15 is 0 Å². The van der Waals surface area contributed by atoms with Gasteiger partial charge < -0.3 is 9.84 Å². The molecule has 0 amide bonds. The highest BCUT2D eigenvalue weighted by Gasteiger charge is 2.35.